The molecule has 21 heavy (non-hydrogen) atoms. The van der Waals surface area contributed by atoms with E-state index in [2.05, 4.69) is 15.9 Å². The maximum atomic E-state index is 13.6. The van der Waals surface area contributed by atoms with Crippen molar-refractivity contribution in [3.8, 4) is 0 Å². The molecule has 1 aliphatic rings. The highest BCUT2D eigenvalue weighted by atomic mass is 79.9. The van der Waals surface area contributed by atoms with E-state index >= 15 is 0 Å². The maximum absolute atomic E-state index is 13.6. The monoisotopic (exact) mass is 370 g/mol. The number of benzene rings is 1. The summed E-state index contributed by atoms with van der Waals surface area (Å²) < 4.78 is 65.0. The van der Waals surface area contributed by atoms with Crippen molar-refractivity contribution in [2.45, 2.75) is 43.1 Å². The summed E-state index contributed by atoms with van der Waals surface area (Å²) in [6, 6.07) is 3.68. The van der Waals surface area contributed by atoms with E-state index in [0.717, 1.165) is 0 Å². The van der Waals surface area contributed by atoms with Crippen LogP contribution in [0.5, 0.6) is 0 Å². The zero-order chi connectivity index (χ0) is 15.6. The van der Waals surface area contributed by atoms with Crippen LogP contribution in [-0.4, -0.2) is 11.0 Å². The fourth-order valence-corrected chi connectivity index (χ4v) is 3.75. The molecule has 0 heterocycles. The molecule has 1 saturated carbocycles. The van der Waals surface area contributed by atoms with E-state index in [1.54, 1.807) is 0 Å². The molecule has 118 valence electrons. The molecule has 0 radical (unpaired) electrons. The average molecular weight is 371 g/mol. The first kappa shape index (κ1) is 16.7. The van der Waals surface area contributed by atoms with Gasteiger partial charge in [-0.2, -0.15) is 13.2 Å². The number of hydrogen-bond donors (Lipinski definition) is 0. The number of hydrogen-bond acceptors (Lipinski definition) is 0. The van der Waals surface area contributed by atoms with Gasteiger partial charge in [-0.1, -0.05) is 22.0 Å². The third-order valence-corrected chi connectivity index (χ3v) is 5.28. The van der Waals surface area contributed by atoms with E-state index < -0.39 is 23.7 Å². The summed E-state index contributed by atoms with van der Waals surface area (Å²) in [4.78, 5) is -0.210. The molecule has 1 fully saturated rings. The Bertz CT molecular complexity index is 457. The number of halogens is 6. The van der Waals surface area contributed by atoms with Gasteiger partial charge in [-0.3, -0.25) is 0 Å². The molecule has 2 rings (SSSR count). The van der Waals surface area contributed by atoms with Crippen LogP contribution in [0, 0.1) is 23.5 Å². The van der Waals surface area contributed by atoms with E-state index in [1.807, 2.05) is 0 Å². The Morgan fingerprint density at radius 3 is 2.05 bits per heavy atom. The summed E-state index contributed by atoms with van der Waals surface area (Å²) in [6.07, 6.45) is -2.94. The van der Waals surface area contributed by atoms with Crippen molar-refractivity contribution in [2.75, 3.05) is 0 Å². The van der Waals surface area contributed by atoms with E-state index in [0.29, 0.717) is 12.8 Å². The van der Waals surface area contributed by atoms with Crippen LogP contribution in [0.2, 0.25) is 0 Å². The molecule has 0 aromatic heterocycles. The van der Waals surface area contributed by atoms with Gasteiger partial charge in [0.1, 0.15) is 11.6 Å². The quantitative estimate of drug-likeness (QED) is 0.477. The van der Waals surface area contributed by atoms with Crippen molar-refractivity contribution in [3.63, 3.8) is 0 Å². The molecule has 0 spiro atoms. The topological polar surface area (TPSA) is 0 Å². The van der Waals surface area contributed by atoms with Crippen LogP contribution in [0.3, 0.4) is 0 Å². The summed E-state index contributed by atoms with van der Waals surface area (Å²) in [7, 11) is 0. The predicted molar refractivity (Wildman–Crippen MR) is 74.3 cm³/mol. The third kappa shape index (κ3) is 4.18. The van der Waals surface area contributed by atoms with Crippen LogP contribution < -0.4 is 0 Å². The second kappa shape index (κ2) is 6.63. The van der Waals surface area contributed by atoms with Gasteiger partial charge in [0, 0.05) is 10.4 Å². The summed E-state index contributed by atoms with van der Waals surface area (Å²) in [5.74, 6) is -2.44. The Morgan fingerprint density at radius 2 is 1.57 bits per heavy atom. The van der Waals surface area contributed by atoms with Crippen LogP contribution in [0.1, 0.15) is 31.2 Å². The highest BCUT2D eigenvalue weighted by Gasteiger charge is 2.42. The fourth-order valence-electron chi connectivity index (χ4n) is 2.90. The molecule has 0 saturated heterocycles. The molecule has 1 atom stereocenters. The predicted octanol–water partition coefficient (Wildman–Crippen LogP) is 5.64. The molecule has 0 N–H and O–H groups in total. The number of rotatable bonds is 3. The van der Waals surface area contributed by atoms with Crippen molar-refractivity contribution >= 4 is 15.9 Å². The fraction of sp³-hybridized carbons (Fsp3) is 0.600. The molecule has 6 heteroatoms. The van der Waals surface area contributed by atoms with Crippen molar-refractivity contribution in [3.05, 3.63) is 35.4 Å². The van der Waals surface area contributed by atoms with Gasteiger partial charge in [0.2, 0.25) is 0 Å². The second-order valence-corrected chi connectivity index (χ2v) is 6.75. The van der Waals surface area contributed by atoms with Crippen LogP contribution in [0.25, 0.3) is 0 Å². The molecule has 1 unspecified atom stereocenters. The van der Waals surface area contributed by atoms with Crippen molar-refractivity contribution in [1.82, 2.24) is 0 Å². The van der Waals surface area contributed by atoms with E-state index in [1.165, 1.54) is 18.2 Å². The minimum absolute atomic E-state index is 0.00248. The second-order valence-electron chi connectivity index (χ2n) is 5.57. The zero-order valence-electron chi connectivity index (χ0n) is 11.3. The Balaban J connectivity index is 1.95. The summed E-state index contributed by atoms with van der Waals surface area (Å²) in [5.41, 5.74) is -0.00248. The summed E-state index contributed by atoms with van der Waals surface area (Å²) in [6.45, 7) is 0. The summed E-state index contributed by atoms with van der Waals surface area (Å²) >= 11 is 3.40. The van der Waals surface area contributed by atoms with Crippen molar-refractivity contribution < 1.29 is 22.0 Å². The van der Waals surface area contributed by atoms with Gasteiger partial charge in [-0.15, -0.1) is 0 Å². The molecule has 1 aromatic rings. The normalized spacial score (nSPS) is 24.9. The minimum atomic E-state index is -4.13. The van der Waals surface area contributed by atoms with Crippen LogP contribution in [0.15, 0.2) is 18.2 Å². The molecule has 0 aliphatic heterocycles. The molecular formula is C15H16BrF5. The zero-order valence-corrected chi connectivity index (χ0v) is 12.9. The van der Waals surface area contributed by atoms with Gasteiger partial charge >= 0.3 is 6.18 Å². The van der Waals surface area contributed by atoms with Gasteiger partial charge < -0.3 is 0 Å². The van der Waals surface area contributed by atoms with Crippen molar-refractivity contribution in [2.24, 2.45) is 11.8 Å². The maximum Gasteiger partial charge on any atom is 0.391 e. The SMILES string of the molecule is Fc1cccc(F)c1CC(Br)C1CCC(C(F)(F)F)CC1. The van der Waals surface area contributed by atoms with Crippen LogP contribution in [0.4, 0.5) is 22.0 Å². The Morgan fingerprint density at radius 1 is 1.05 bits per heavy atom. The highest BCUT2D eigenvalue weighted by molar-refractivity contribution is 9.09. The van der Waals surface area contributed by atoms with E-state index in [-0.39, 0.29) is 35.6 Å². The van der Waals surface area contributed by atoms with Crippen LogP contribution in [-0.2, 0) is 6.42 Å². The van der Waals surface area contributed by atoms with Crippen LogP contribution >= 0.6 is 15.9 Å². The highest BCUT2D eigenvalue weighted by Crippen LogP contribution is 2.42. The van der Waals surface area contributed by atoms with Gasteiger partial charge in [0.25, 0.3) is 0 Å². The first-order valence-electron chi connectivity index (χ1n) is 6.92. The molecule has 0 amide bonds. The van der Waals surface area contributed by atoms with Gasteiger partial charge in [0.15, 0.2) is 0 Å². The minimum Gasteiger partial charge on any atom is -0.207 e. The standard InChI is InChI=1S/C15H16BrF5/c16-12(8-11-13(17)2-1-3-14(11)18)9-4-6-10(7-5-9)15(19,20)21/h1-3,9-10,12H,4-8H2. The van der Waals surface area contributed by atoms with E-state index in [4.69, 9.17) is 0 Å². The Kier molecular flexibility index (Phi) is 5.28. The molecule has 1 aliphatic carbocycles. The largest absolute Gasteiger partial charge is 0.391 e. The van der Waals surface area contributed by atoms with Gasteiger partial charge in [-0.05, 0) is 50.2 Å². The molecule has 0 bridgehead atoms. The lowest BCUT2D eigenvalue weighted by Crippen LogP contribution is -2.31. The smallest absolute Gasteiger partial charge is 0.207 e. The lowest BCUT2D eigenvalue weighted by molar-refractivity contribution is -0.183. The lowest BCUT2D eigenvalue weighted by atomic mass is 9.79. The average Bonchev–Trinajstić information content (AvgIpc) is 2.42. The Labute approximate surface area is 128 Å². The lowest BCUT2D eigenvalue weighted by Gasteiger charge is -2.32. The first-order valence-corrected chi connectivity index (χ1v) is 7.84. The molecule has 1 aromatic carbocycles. The van der Waals surface area contributed by atoms with Crippen molar-refractivity contribution in [1.29, 1.82) is 0 Å². The first-order chi connectivity index (χ1) is 9.79. The summed E-state index contributed by atoms with van der Waals surface area (Å²) in [5, 5.41) is 0. The van der Waals surface area contributed by atoms with Gasteiger partial charge in [-0.25, -0.2) is 8.78 Å². The van der Waals surface area contributed by atoms with E-state index in [9.17, 15) is 22.0 Å². The number of alkyl halides is 4. The van der Waals surface area contributed by atoms with Gasteiger partial charge in [0.05, 0.1) is 5.92 Å². The Hall–Kier alpha value is -0.650. The molecule has 0 nitrogen and oxygen atoms in total. The third-order valence-electron chi connectivity index (χ3n) is 4.21. The molecular weight excluding hydrogens is 355 g/mol.